The molecule has 3 atom stereocenters. The van der Waals surface area contributed by atoms with E-state index in [0.29, 0.717) is 30.2 Å². The summed E-state index contributed by atoms with van der Waals surface area (Å²) in [5.41, 5.74) is 3.17. The monoisotopic (exact) mass is 575 g/mol. The van der Waals surface area contributed by atoms with Crippen LogP contribution >= 0.6 is 11.6 Å². The lowest BCUT2D eigenvalue weighted by atomic mass is 9.79. The van der Waals surface area contributed by atoms with Crippen molar-refractivity contribution in [1.82, 2.24) is 35.4 Å². The number of piperidine rings is 1. The van der Waals surface area contributed by atoms with Crippen molar-refractivity contribution in [3.8, 4) is 0 Å². The zero-order valence-corrected chi connectivity index (χ0v) is 23.2. The summed E-state index contributed by atoms with van der Waals surface area (Å²) in [6, 6.07) is 12.9. The second kappa shape index (κ2) is 10.9. The first-order valence-electron chi connectivity index (χ1n) is 13.6. The quantitative estimate of drug-likeness (QED) is 0.278. The lowest BCUT2D eigenvalue weighted by Gasteiger charge is -2.39. The Hall–Kier alpha value is -4.38. The molecule has 41 heavy (non-hydrogen) atoms. The van der Waals surface area contributed by atoms with Crippen molar-refractivity contribution >= 4 is 57.2 Å². The minimum atomic E-state index is -0.572. The minimum Gasteiger partial charge on any atom is -0.361 e. The Morgan fingerprint density at radius 3 is 2.63 bits per heavy atom. The maximum Gasteiger partial charge on any atom is 0.289 e. The molecule has 2 fully saturated rings. The van der Waals surface area contributed by atoms with Gasteiger partial charge in [-0.2, -0.15) is 0 Å². The summed E-state index contributed by atoms with van der Waals surface area (Å²) in [6.45, 7) is 1.25. The van der Waals surface area contributed by atoms with Gasteiger partial charge in [-0.25, -0.2) is 4.98 Å². The molecular weight excluding hydrogens is 546 g/mol. The molecule has 3 unspecified atom stereocenters. The number of aromatic amines is 2. The molecule has 11 nitrogen and oxygen atoms in total. The average molecular weight is 576 g/mol. The smallest absolute Gasteiger partial charge is 0.289 e. The number of para-hydroxylation sites is 2. The maximum absolute atomic E-state index is 13.6. The van der Waals surface area contributed by atoms with E-state index in [4.69, 9.17) is 11.6 Å². The minimum absolute atomic E-state index is 0.0986. The summed E-state index contributed by atoms with van der Waals surface area (Å²) < 4.78 is 0. The summed E-state index contributed by atoms with van der Waals surface area (Å²) in [6.07, 6.45) is 1.97. The van der Waals surface area contributed by atoms with Gasteiger partial charge in [0.05, 0.1) is 29.9 Å². The second-order valence-corrected chi connectivity index (χ2v) is 11.1. The second-order valence-electron chi connectivity index (χ2n) is 10.7. The maximum atomic E-state index is 13.6. The van der Waals surface area contributed by atoms with Crippen LogP contribution in [0.4, 0.5) is 0 Å². The summed E-state index contributed by atoms with van der Waals surface area (Å²) >= 11 is 6.11. The van der Waals surface area contributed by atoms with Gasteiger partial charge in [0.1, 0.15) is 0 Å². The molecule has 2 aromatic carbocycles. The fraction of sp³-hybridized carbons (Fsp3) is 0.345. The van der Waals surface area contributed by atoms with Gasteiger partial charge in [0.25, 0.3) is 5.91 Å². The molecule has 0 spiro atoms. The number of hydrogen-bond acceptors (Lipinski definition) is 5. The molecule has 0 aliphatic carbocycles. The number of benzene rings is 2. The van der Waals surface area contributed by atoms with E-state index in [-0.39, 0.29) is 60.8 Å². The lowest BCUT2D eigenvalue weighted by Crippen LogP contribution is -2.54. The largest absolute Gasteiger partial charge is 0.361 e. The van der Waals surface area contributed by atoms with Crippen molar-refractivity contribution in [2.75, 3.05) is 39.8 Å². The first-order chi connectivity index (χ1) is 19.8. The highest BCUT2D eigenvalue weighted by Crippen LogP contribution is 2.36. The Kier molecular flexibility index (Phi) is 7.12. The summed E-state index contributed by atoms with van der Waals surface area (Å²) in [5, 5.41) is 6.74. The molecule has 4 heterocycles. The number of likely N-dealkylation sites (N-methyl/N-ethyl adjacent to an activating group) is 1. The number of aromatic nitrogens is 3. The van der Waals surface area contributed by atoms with Crippen LogP contribution in [0.3, 0.4) is 0 Å². The van der Waals surface area contributed by atoms with E-state index in [1.807, 2.05) is 42.6 Å². The molecule has 212 valence electrons. The Balaban J connectivity index is 1.22. The first kappa shape index (κ1) is 26.8. The molecule has 2 saturated heterocycles. The molecular formula is C29H30ClN7O4. The van der Waals surface area contributed by atoms with Gasteiger partial charge in [0.2, 0.25) is 17.7 Å². The summed E-state index contributed by atoms with van der Waals surface area (Å²) in [7, 11) is 1.50. The fourth-order valence-corrected chi connectivity index (χ4v) is 6.27. The average Bonchev–Trinajstić information content (AvgIpc) is 3.71. The van der Waals surface area contributed by atoms with E-state index >= 15 is 0 Å². The molecule has 2 aromatic heterocycles. The molecule has 4 aromatic rings. The number of nitrogens with one attached hydrogen (secondary N) is 4. The van der Waals surface area contributed by atoms with E-state index in [9.17, 15) is 19.2 Å². The molecule has 4 N–H and O–H groups in total. The Bertz CT molecular complexity index is 1630. The first-order valence-corrected chi connectivity index (χ1v) is 13.9. The highest BCUT2D eigenvalue weighted by Gasteiger charge is 2.48. The molecule has 2 aliphatic heterocycles. The standard InChI is InChI=1S/C29H30ClN7O4/c1-31-25(38)11-33-28(40)21-15-36(26(39)8-16-10-32-24-9-18(30)6-7-19(16)24)12-17-13-37(14-20(17)21)29(41)27-34-22-4-2-3-5-23(22)35-27/h2-7,9-10,17,20-21,32H,8,11-15H2,1H3,(H,31,38)(H,33,40)(H,34,35). The van der Waals surface area contributed by atoms with E-state index in [1.54, 1.807) is 15.9 Å². The molecule has 0 saturated carbocycles. The van der Waals surface area contributed by atoms with Crippen molar-refractivity contribution in [1.29, 1.82) is 0 Å². The molecule has 0 bridgehead atoms. The van der Waals surface area contributed by atoms with Crippen molar-refractivity contribution in [2.45, 2.75) is 6.42 Å². The number of H-pyrrole nitrogens is 2. The van der Waals surface area contributed by atoms with Gasteiger partial charge in [-0.05, 0) is 41.7 Å². The topological polar surface area (TPSA) is 143 Å². The highest BCUT2D eigenvalue weighted by molar-refractivity contribution is 6.31. The zero-order chi connectivity index (χ0) is 28.7. The number of nitrogens with zero attached hydrogens (tertiary/aromatic N) is 3. The number of rotatable bonds is 6. The fourth-order valence-electron chi connectivity index (χ4n) is 6.09. The normalized spacial score (nSPS) is 20.3. The number of fused-ring (bicyclic) bond motifs is 3. The van der Waals surface area contributed by atoms with Crippen molar-refractivity contribution in [2.24, 2.45) is 17.8 Å². The van der Waals surface area contributed by atoms with E-state index in [1.165, 1.54) is 7.05 Å². The van der Waals surface area contributed by atoms with Gasteiger partial charge in [-0.1, -0.05) is 29.8 Å². The van der Waals surface area contributed by atoms with Crippen LogP contribution in [0.5, 0.6) is 0 Å². The Labute approximate surface area is 240 Å². The molecule has 2 aliphatic rings. The Morgan fingerprint density at radius 1 is 1.02 bits per heavy atom. The van der Waals surface area contributed by atoms with Crippen LogP contribution in [-0.2, 0) is 20.8 Å². The lowest BCUT2D eigenvalue weighted by molar-refractivity contribution is -0.139. The van der Waals surface area contributed by atoms with E-state index in [0.717, 1.165) is 22.0 Å². The SMILES string of the molecule is CNC(=O)CNC(=O)C1CN(C(=O)Cc2c[nH]c3cc(Cl)ccc23)CC2CN(C(=O)c3nc4ccccc4[nH]3)CC21. The van der Waals surface area contributed by atoms with Crippen LogP contribution in [0.25, 0.3) is 21.9 Å². The number of carbonyl (C=O) groups excluding carboxylic acids is 4. The highest BCUT2D eigenvalue weighted by atomic mass is 35.5. The predicted molar refractivity (Wildman–Crippen MR) is 153 cm³/mol. The molecule has 12 heteroatoms. The Morgan fingerprint density at radius 2 is 1.83 bits per heavy atom. The van der Waals surface area contributed by atoms with Gasteiger partial charge in [-0.15, -0.1) is 0 Å². The van der Waals surface area contributed by atoms with Crippen LogP contribution in [-0.4, -0.2) is 88.2 Å². The van der Waals surface area contributed by atoms with Gasteiger partial charge >= 0.3 is 0 Å². The molecule has 4 amide bonds. The third-order valence-corrected chi connectivity index (χ3v) is 8.46. The van der Waals surface area contributed by atoms with Crippen molar-refractivity contribution < 1.29 is 19.2 Å². The van der Waals surface area contributed by atoms with Gasteiger partial charge in [-0.3, -0.25) is 19.2 Å². The summed E-state index contributed by atoms with van der Waals surface area (Å²) in [4.78, 5) is 66.3. The number of carbonyl (C=O) groups is 4. The number of imidazole rings is 1. The van der Waals surface area contributed by atoms with Crippen LogP contribution in [0.1, 0.15) is 16.2 Å². The number of hydrogen-bond donors (Lipinski definition) is 4. The van der Waals surface area contributed by atoms with Crippen molar-refractivity contribution in [3.63, 3.8) is 0 Å². The predicted octanol–water partition coefficient (Wildman–Crippen LogP) is 1.95. The van der Waals surface area contributed by atoms with Gasteiger partial charge in [0, 0.05) is 55.3 Å². The van der Waals surface area contributed by atoms with E-state index in [2.05, 4.69) is 25.6 Å². The number of halogens is 1. The molecule has 0 radical (unpaired) electrons. The number of likely N-dealkylation sites (tertiary alicyclic amines) is 2. The van der Waals surface area contributed by atoms with Gasteiger partial charge in [0.15, 0.2) is 5.82 Å². The zero-order valence-electron chi connectivity index (χ0n) is 22.4. The third kappa shape index (κ3) is 5.24. The van der Waals surface area contributed by atoms with E-state index < -0.39 is 5.92 Å². The van der Waals surface area contributed by atoms with Gasteiger partial charge < -0.3 is 30.4 Å². The molecule has 6 rings (SSSR count). The van der Waals surface area contributed by atoms with Crippen LogP contribution in [0.2, 0.25) is 5.02 Å². The van der Waals surface area contributed by atoms with Crippen molar-refractivity contribution in [3.05, 3.63) is 65.1 Å². The van der Waals surface area contributed by atoms with Crippen LogP contribution in [0.15, 0.2) is 48.7 Å². The summed E-state index contributed by atoms with van der Waals surface area (Å²) in [5.74, 6) is -1.55. The number of amides is 4. The third-order valence-electron chi connectivity index (χ3n) is 8.22. The van der Waals surface area contributed by atoms with Crippen LogP contribution in [0, 0.1) is 17.8 Å². The van der Waals surface area contributed by atoms with Crippen LogP contribution < -0.4 is 10.6 Å².